The summed E-state index contributed by atoms with van der Waals surface area (Å²) in [6.07, 6.45) is 2.24. The standard InChI is InChI=1S/C17H25N3/c1-16(2)9-15(10-17(3,4)20-16)19-12-14-7-5-6-13(8-14)11-18/h5-8,15,19-20H,9-10,12H2,1-4H3. The number of nitrogens with zero attached hydrogens (tertiary/aromatic N) is 1. The van der Waals surface area contributed by atoms with E-state index in [2.05, 4.69) is 50.5 Å². The molecule has 0 bridgehead atoms. The van der Waals surface area contributed by atoms with Crippen LogP contribution >= 0.6 is 0 Å². The van der Waals surface area contributed by atoms with Crippen LogP contribution in [0.2, 0.25) is 0 Å². The molecule has 0 saturated carbocycles. The zero-order chi connectivity index (χ0) is 14.8. The molecule has 1 aliphatic rings. The van der Waals surface area contributed by atoms with Crippen molar-refractivity contribution < 1.29 is 0 Å². The predicted molar refractivity (Wildman–Crippen MR) is 82.3 cm³/mol. The normalized spacial score (nSPS) is 21.4. The summed E-state index contributed by atoms with van der Waals surface area (Å²) >= 11 is 0. The number of rotatable bonds is 3. The van der Waals surface area contributed by atoms with E-state index in [-0.39, 0.29) is 11.1 Å². The maximum absolute atomic E-state index is 8.94. The van der Waals surface area contributed by atoms with Gasteiger partial charge < -0.3 is 10.6 Å². The van der Waals surface area contributed by atoms with Crippen molar-refractivity contribution >= 4 is 0 Å². The van der Waals surface area contributed by atoms with Gasteiger partial charge in [0.1, 0.15) is 0 Å². The quantitative estimate of drug-likeness (QED) is 0.888. The van der Waals surface area contributed by atoms with Crippen molar-refractivity contribution in [2.24, 2.45) is 0 Å². The maximum atomic E-state index is 8.94. The van der Waals surface area contributed by atoms with E-state index < -0.39 is 0 Å². The van der Waals surface area contributed by atoms with Crippen molar-refractivity contribution in [3.8, 4) is 6.07 Å². The first-order valence-electron chi connectivity index (χ1n) is 7.31. The van der Waals surface area contributed by atoms with Gasteiger partial charge in [0.25, 0.3) is 0 Å². The fourth-order valence-electron chi connectivity index (χ4n) is 3.48. The Morgan fingerprint density at radius 1 is 1.25 bits per heavy atom. The third kappa shape index (κ3) is 4.06. The second-order valence-corrected chi connectivity index (χ2v) is 7.19. The Bertz CT molecular complexity index is 495. The second kappa shape index (κ2) is 5.55. The SMILES string of the molecule is CC1(C)CC(NCc2cccc(C#N)c2)CC(C)(C)N1. The van der Waals surface area contributed by atoms with Crippen LogP contribution in [0.15, 0.2) is 24.3 Å². The molecule has 1 aromatic rings. The average molecular weight is 271 g/mol. The molecule has 3 heteroatoms. The highest BCUT2D eigenvalue weighted by atomic mass is 15.1. The highest BCUT2D eigenvalue weighted by molar-refractivity contribution is 5.32. The largest absolute Gasteiger partial charge is 0.310 e. The molecule has 0 unspecified atom stereocenters. The van der Waals surface area contributed by atoms with Crippen LogP contribution in [0.5, 0.6) is 0 Å². The lowest BCUT2D eigenvalue weighted by atomic mass is 9.79. The van der Waals surface area contributed by atoms with Gasteiger partial charge in [-0.05, 0) is 58.2 Å². The molecule has 0 amide bonds. The Kier molecular flexibility index (Phi) is 4.17. The first-order chi connectivity index (χ1) is 9.30. The monoisotopic (exact) mass is 271 g/mol. The predicted octanol–water partition coefficient (Wildman–Crippen LogP) is 2.96. The summed E-state index contributed by atoms with van der Waals surface area (Å²) in [5.41, 5.74) is 2.23. The van der Waals surface area contributed by atoms with E-state index in [4.69, 9.17) is 5.26 Å². The summed E-state index contributed by atoms with van der Waals surface area (Å²) in [6, 6.07) is 10.5. The van der Waals surface area contributed by atoms with Gasteiger partial charge in [-0.3, -0.25) is 0 Å². The Balaban J connectivity index is 1.98. The number of piperidine rings is 1. The fourth-order valence-corrected chi connectivity index (χ4v) is 3.48. The van der Waals surface area contributed by atoms with Crippen molar-refractivity contribution in [1.82, 2.24) is 10.6 Å². The lowest BCUT2D eigenvalue weighted by Crippen LogP contribution is -2.61. The van der Waals surface area contributed by atoms with E-state index >= 15 is 0 Å². The molecule has 2 rings (SSSR count). The summed E-state index contributed by atoms with van der Waals surface area (Å²) < 4.78 is 0. The Hall–Kier alpha value is -1.37. The lowest BCUT2D eigenvalue weighted by molar-refractivity contribution is 0.145. The molecule has 0 atom stereocenters. The third-order valence-corrected chi connectivity index (χ3v) is 3.84. The molecule has 3 nitrogen and oxygen atoms in total. The summed E-state index contributed by atoms with van der Waals surface area (Å²) in [6.45, 7) is 9.88. The van der Waals surface area contributed by atoms with E-state index in [0.29, 0.717) is 6.04 Å². The van der Waals surface area contributed by atoms with Gasteiger partial charge in [0.05, 0.1) is 11.6 Å². The molecule has 1 aromatic carbocycles. The van der Waals surface area contributed by atoms with Crippen LogP contribution in [0, 0.1) is 11.3 Å². The van der Waals surface area contributed by atoms with Gasteiger partial charge in [0.15, 0.2) is 0 Å². The van der Waals surface area contributed by atoms with Crippen LogP contribution < -0.4 is 10.6 Å². The van der Waals surface area contributed by atoms with E-state index in [1.165, 1.54) is 5.56 Å². The highest BCUT2D eigenvalue weighted by Crippen LogP contribution is 2.28. The van der Waals surface area contributed by atoms with E-state index in [0.717, 1.165) is 24.9 Å². The van der Waals surface area contributed by atoms with Crippen molar-refractivity contribution in [2.45, 2.75) is 64.2 Å². The lowest BCUT2D eigenvalue weighted by Gasteiger charge is -2.46. The number of hydrogen-bond acceptors (Lipinski definition) is 3. The van der Waals surface area contributed by atoms with Crippen molar-refractivity contribution in [1.29, 1.82) is 5.26 Å². The zero-order valence-electron chi connectivity index (χ0n) is 13.0. The van der Waals surface area contributed by atoms with E-state index in [1.807, 2.05) is 18.2 Å². The molecule has 20 heavy (non-hydrogen) atoms. The maximum Gasteiger partial charge on any atom is 0.0991 e. The van der Waals surface area contributed by atoms with Gasteiger partial charge >= 0.3 is 0 Å². The minimum Gasteiger partial charge on any atom is -0.310 e. The third-order valence-electron chi connectivity index (χ3n) is 3.84. The first kappa shape index (κ1) is 15.0. The van der Waals surface area contributed by atoms with Crippen molar-refractivity contribution in [3.63, 3.8) is 0 Å². The number of benzene rings is 1. The molecule has 108 valence electrons. The Morgan fingerprint density at radius 3 is 2.50 bits per heavy atom. The summed E-state index contributed by atoms with van der Waals surface area (Å²) in [4.78, 5) is 0. The van der Waals surface area contributed by atoms with Crippen molar-refractivity contribution in [2.75, 3.05) is 0 Å². The molecule has 1 fully saturated rings. The highest BCUT2D eigenvalue weighted by Gasteiger charge is 2.37. The van der Waals surface area contributed by atoms with E-state index in [1.54, 1.807) is 0 Å². The van der Waals surface area contributed by atoms with Crippen LogP contribution in [0.4, 0.5) is 0 Å². The van der Waals surface area contributed by atoms with Gasteiger partial charge in [-0.15, -0.1) is 0 Å². The second-order valence-electron chi connectivity index (χ2n) is 7.19. The van der Waals surface area contributed by atoms with Crippen molar-refractivity contribution in [3.05, 3.63) is 35.4 Å². The van der Waals surface area contributed by atoms with Gasteiger partial charge in [0, 0.05) is 23.7 Å². The molecule has 2 N–H and O–H groups in total. The van der Waals surface area contributed by atoms with Gasteiger partial charge in [-0.2, -0.15) is 5.26 Å². The molecular formula is C17H25N3. The van der Waals surface area contributed by atoms with E-state index in [9.17, 15) is 0 Å². The molecule has 0 aliphatic carbocycles. The van der Waals surface area contributed by atoms with Crippen LogP contribution in [-0.2, 0) is 6.54 Å². The average Bonchev–Trinajstić information content (AvgIpc) is 2.33. The van der Waals surface area contributed by atoms with Crippen LogP contribution in [0.25, 0.3) is 0 Å². The summed E-state index contributed by atoms with van der Waals surface area (Å²) in [7, 11) is 0. The fraction of sp³-hybridized carbons (Fsp3) is 0.588. The summed E-state index contributed by atoms with van der Waals surface area (Å²) in [5, 5.41) is 16.3. The molecular weight excluding hydrogens is 246 g/mol. The number of nitrogens with one attached hydrogen (secondary N) is 2. The molecule has 1 aliphatic heterocycles. The molecule has 0 radical (unpaired) electrons. The Labute approximate surface area is 122 Å². The molecule has 1 saturated heterocycles. The van der Waals surface area contributed by atoms with Crippen LogP contribution in [0.1, 0.15) is 51.7 Å². The Morgan fingerprint density at radius 2 is 1.90 bits per heavy atom. The molecule has 1 heterocycles. The molecule has 0 aromatic heterocycles. The van der Waals surface area contributed by atoms with Gasteiger partial charge in [0.2, 0.25) is 0 Å². The smallest absolute Gasteiger partial charge is 0.0991 e. The zero-order valence-corrected chi connectivity index (χ0v) is 13.0. The summed E-state index contributed by atoms with van der Waals surface area (Å²) in [5.74, 6) is 0. The topological polar surface area (TPSA) is 47.9 Å². The minimum absolute atomic E-state index is 0.161. The van der Waals surface area contributed by atoms with Gasteiger partial charge in [-0.25, -0.2) is 0 Å². The number of nitriles is 1. The minimum atomic E-state index is 0.161. The van der Waals surface area contributed by atoms with Gasteiger partial charge in [-0.1, -0.05) is 12.1 Å². The first-order valence-corrected chi connectivity index (χ1v) is 7.31. The number of hydrogen-bond donors (Lipinski definition) is 2. The van der Waals surface area contributed by atoms with Crippen LogP contribution in [-0.4, -0.2) is 17.1 Å². The molecule has 0 spiro atoms. The van der Waals surface area contributed by atoms with Crippen LogP contribution in [0.3, 0.4) is 0 Å².